The molecule has 0 saturated carbocycles. The average molecular weight is 228 g/mol. The molecule has 0 bridgehead atoms. The lowest BCUT2D eigenvalue weighted by atomic mass is 10.0. The Kier molecular flexibility index (Phi) is 5.21. The zero-order valence-corrected chi connectivity index (χ0v) is 9.53. The van der Waals surface area contributed by atoms with Crippen LogP contribution < -0.4 is 10.6 Å². The summed E-state index contributed by atoms with van der Waals surface area (Å²) in [6, 6.07) is -0.646. The van der Waals surface area contributed by atoms with Crippen molar-refractivity contribution < 1.29 is 19.5 Å². The van der Waals surface area contributed by atoms with Crippen LogP contribution in [0.4, 0.5) is 4.79 Å². The van der Waals surface area contributed by atoms with Crippen LogP contribution >= 0.6 is 0 Å². The summed E-state index contributed by atoms with van der Waals surface area (Å²) in [4.78, 5) is 32.4. The van der Waals surface area contributed by atoms with E-state index in [-0.39, 0.29) is 0 Å². The molecule has 3 N–H and O–H groups in total. The first-order chi connectivity index (χ1) is 7.26. The van der Waals surface area contributed by atoms with Gasteiger partial charge in [-0.2, -0.15) is 0 Å². The molecule has 6 heteroatoms. The molecule has 0 fully saturated rings. The summed E-state index contributed by atoms with van der Waals surface area (Å²) in [5.41, 5.74) is -0.416. The largest absolute Gasteiger partial charge is 0.478 e. The number of carboxylic acid groups (broad SMARTS) is 1. The normalized spacial score (nSPS) is 11.2. The molecule has 0 heterocycles. The third-order valence-corrected chi connectivity index (χ3v) is 1.95. The minimum absolute atomic E-state index is 0.416. The summed E-state index contributed by atoms with van der Waals surface area (Å²) in [6.45, 7) is 5.51. The molecular formula is C10H16N2O4. The molecule has 0 aliphatic rings. The first-order valence-electron chi connectivity index (χ1n) is 4.81. The second-order valence-electron chi connectivity index (χ2n) is 3.85. The fourth-order valence-electron chi connectivity index (χ4n) is 0.728. The van der Waals surface area contributed by atoms with Crippen molar-refractivity contribution in [3.8, 4) is 0 Å². The van der Waals surface area contributed by atoms with Gasteiger partial charge in [0.05, 0.1) is 0 Å². The van der Waals surface area contributed by atoms with Crippen LogP contribution in [0.3, 0.4) is 0 Å². The Balaban J connectivity index is 4.16. The predicted octanol–water partition coefficient (Wildman–Crippen LogP) is 0.642. The Morgan fingerprint density at radius 2 is 1.81 bits per heavy atom. The van der Waals surface area contributed by atoms with Gasteiger partial charge in [0.15, 0.2) is 0 Å². The summed E-state index contributed by atoms with van der Waals surface area (Å²) in [6.07, 6.45) is 2.15. The quantitative estimate of drug-likeness (QED) is 0.615. The Morgan fingerprint density at radius 1 is 1.25 bits per heavy atom. The number of urea groups is 1. The van der Waals surface area contributed by atoms with Crippen LogP contribution in [0.25, 0.3) is 0 Å². The number of rotatable bonds is 4. The summed E-state index contributed by atoms with van der Waals surface area (Å²) in [7, 11) is 0. The van der Waals surface area contributed by atoms with E-state index >= 15 is 0 Å². The highest BCUT2D eigenvalue weighted by Crippen LogP contribution is 2.05. The highest BCUT2D eigenvalue weighted by atomic mass is 16.4. The summed E-state index contributed by atoms with van der Waals surface area (Å²) >= 11 is 0. The average Bonchev–Trinajstić information content (AvgIpc) is 2.13. The maximum absolute atomic E-state index is 11.2. The van der Waals surface area contributed by atoms with E-state index in [1.54, 1.807) is 0 Å². The van der Waals surface area contributed by atoms with Gasteiger partial charge in [-0.3, -0.25) is 10.1 Å². The number of carboxylic acids is 1. The van der Waals surface area contributed by atoms with E-state index in [9.17, 15) is 14.4 Å². The minimum Gasteiger partial charge on any atom is -0.478 e. The van der Waals surface area contributed by atoms with Gasteiger partial charge in [0.25, 0.3) is 5.91 Å². The highest BCUT2D eigenvalue weighted by molar-refractivity contribution is 6.02. The molecule has 0 rings (SSSR count). The van der Waals surface area contributed by atoms with Gasteiger partial charge in [-0.25, -0.2) is 9.59 Å². The molecule has 3 amide bonds. The number of nitrogens with one attached hydrogen (secondary N) is 2. The van der Waals surface area contributed by atoms with Crippen LogP contribution in [0.2, 0.25) is 0 Å². The lowest BCUT2D eigenvalue weighted by Crippen LogP contribution is -2.49. The molecule has 0 aromatic heterocycles. The minimum atomic E-state index is -1.25. The maximum Gasteiger partial charge on any atom is 0.328 e. The Hall–Kier alpha value is -1.85. The Bertz CT molecular complexity index is 321. The van der Waals surface area contributed by atoms with E-state index in [4.69, 9.17) is 5.11 Å². The molecule has 0 spiro atoms. The van der Waals surface area contributed by atoms with Crippen LogP contribution in [0.15, 0.2) is 12.2 Å². The molecule has 0 saturated heterocycles. The van der Waals surface area contributed by atoms with Crippen molar-refractivity contribution in [1.82, 2.24) is 10.6 Å². The van der Waals surface area contributed by atoms with Crippen LogP contribution in [0.5, 0.6) is 0 Å². The first kappa shape index (κ1) is 14.2. The summed E-state index contributed by atoms with van der Waals surface area (Å²) < 4.78 is 0. The topological polar surface area (TPSA) is 95.5 Å². The molecule has 0 unspecified atom stereocenters. The van der Waals surface area contributed by atoms with Gasteiger partial charge in [0.1, 0.15) is 0 Å². The second kappa shape index (κ2) is 5.89. The van der Waals surface area contributed by atoms with E-state index in [0.717, 1.165) is 6.08 Å². The molecule has 0 aromatic carbocycles. The number of imide groups is 1. The molecule has 0 aliphatic heterocycles. The summed E-state index contributed by atoms with van der Waals surface area (Å²) in [5, 5.41) is 12.8. The molecule has 0 aliphatic carbocycles. The zero-order chi connectivity index (χ0) is 12.8. The number of aliphatic carboxylic acids is 1. The number of carbonyl (C=O) groups is 3. The molecule has 0 atom stereocenters. The van der Waals surface area contributed by atoms with Crippen molar-refractivity contribution in [3.63, 3.8) is 0 Å². The van der Waals surface area contributed by atoms with Crippen LogP contribution in [0, 0.1) is 0 Å². The van der Waals surface area contributed by atoms with Gasteiger partial charge >= 0.3 is 12.0 Å². The van der Waals surface area contributed by atoms with E-state index in [1.807, 2.05) is 26.1 Å². The standard InChI is InChI=1S/C10H16N2O4/c1-4-10(2,3)12-9(16)11-7(13)5-6-8(14)15/h5-6H,4H2,1-3H3,(H,14,15)(H2,11,12,13,16)/b6-5+. The lowest BCUT2D eigenvalue weighted by molar-refractivity contribution is -0.131. The number of amides is 3. The SMILES string of the molecule is CCC(C)(C)NC(=O)NC(=O)/C=C/C(=O)O. The Labute approximate surface area is 93.7 Å². The van der Waals surface area contributed by atoms with Gasteiger partial charge in [0, 0.05) is 17.7 Å². The van der Waals surface area contributed by atoms with E-state index < -0.39 is 23.4 Å². The first-order valence-corrected chi connectivity index (χ1v) is 4.81. The van der Waals surface area contributed by atoms with Crippen LogP contribution in [-0.4, -0.2) is 28.6 Å². The molecule has 16 heavy (non-hydrogen) atoms. The van der Waals surface area contributed by atoms with Crippen LogP contribution in [0.1, 0.15) is 27.2 Å². The monoisotopic (exact) mass is 228 g/mol. The van der Waals surface area contributed by atoms with Crippen molar-refractivity contribution in [2.24, 2.45) is 0 Å². The highest BCUT2D eigenvalue weighted by Gasteiger charge is 2.18. The molecule has 6 nitrogen and oxygen atoms in total. The van der Waals surface area contributed by atoms with Gasteiger partial charge in [-0.05, 0) is 20.3 Å². The van der Waals surface area contributed by atoms with E-state index in [0.29, 0.717) is 12.5 Å². The van der Waals surface area contributed by atoms with Crippen LogP contribution in [-0.2, 0) is 9.59 Å². The van der Waals surface area contributed by atoms with Crippen molar-refractivity contribution in [2.45, 2.75) is 32.7 Å². The molecule has 0 aromatic rings. The van der Waals surface area contributed by atoms with Gasteiger partial charge in [-0.15, -0.1) is 0 Å². The van der Waals surface area contributed by atoms with Gasteiger partial charge in [-0.1, -0.05) is 6.92 Å². The number of carbonyl (C=O) groups excluding carboxylic acids is 2. The van der Waals surface area contributed by atoms with Crippen molar-refractivity contribution in [3.05, 3.63) is 12.2 Å². The lowest BCUT2D eigenvalue weighted by Gasteiger charge is -2.23. The van der Waals surface area contributed by atoms with Gasteiger partial charge < -0.3 is 10.4 Å². The van der Waals surface area contributed by atoms with E-state index in [1.165, 1.54) is 0 Å². The number of hydrogen-bond acceptors (Lipinski definition) is 3. The fourth-order valence-corrected chi connectivity index (χ4v) is 0.728. The zero-order valence-electron chi connectivity index (χ0n) is 9.53. The summed E-state index contributed by atoms with van der Waals surface area (Å²) in [5.74, 6) is -2.02. The fraction of sp³-hybridized carbons (Fsp3) is 0.500. The predicted molar refractivity (Wildman–Crippen MR) is 57.8 cm³/mol. The molecular weight excluding hydrogens is 212 g/mol. The number of hydrogen-bond donors (Lipinski definition) is 3. The van der Waals surface area contributed by atoms with Crippen molar-refractivity contribution in [1.29, 1.82) is 0 Å². The van der Waals surface area contributed by atoms with Gasteiger partial charge in [0.2, 0.25) is 0 Å². The Morgan fingerprint density at radius 3 is 2.25 bits per heavy atom. The third kappa shape index (κ3) is 6.58. The van der Waals surface area contributed by atoms with Crippen molar-refractivity contribution in [2.75, 3.05) is 0 Å². The molecule has 0 radical (unpaired) electrons. The maximum atomic E-state index is 11.2. The second-order valence-corrected chi connectivity index (χ2v) is 3.85. The smallest absolute Gasteiger partial charge is 0.328 e. The third-order valence-electron chi connectivity index (χ3n) is 1.95. The molecule has 90 valence electrons. The van der Waals surface area contributed by atoms with Crippen molar-refractivity contribution >= 4 is 17.9 Å². The van der Waals surface area contributed by atoms with E-state index in [2.05, 4.69) is 5.32 Å².